The fraction of sp³-hybridized carbons (Fsp3) is 0.857. The normalized spacial score (nSPS) is 9.64. The van der Waals surface area contributed by atoms with Gasteiger partial charge in [0.15, 0.2) is 0 Å². The number of rotatable bonds is 6. The van der Waals surface area contributed by atoms with Crippen LogP contribution in [0.5, 0.6) is 0 Å². The molecule has 0 spiro atoms. The molecule has 2 nitrogen and oxygen atoms in total. The van der Waals surface area contributed by atoms with Crippen LogP contribution in [0.1, 0.15) is 20.3 Å². The Morgan fingerprint density at radius 2 is 2.09 bits per heavy atom. The van der Waals surface area contributed by atoms with E-state index in [4.69, 9.17) is 0 Å². The summed E-state index contributed by atoms with van der Waals surface area (Å²) in [5, 5.41) is 2.82. The van der Waals surface area contributed by atoms with Gasteiger partial charge >= 0.3 is 0 Å². The van der Waals surface area contributed by atoms with Crippen molar-refractivity contribution >= 4 is 27.5 Å². The summed E-state index contributed by atoms with van der Waals surface area (Å²) in [5.74, 6) is 1.79. The van der Waals surface area contributed by atoms with Crippen LogP contribution in [0, 0.1) is 0 Å². The highest BCUT2D eigenvalue weighted by Crippen LogP contribution is 2.19. The Bertz CT molecular complexity index is 109. The molecule has 0 unspecified atom stereocenters. The van der Waals surface area contributed by atoms with Crippen LogP contribution in [-0.4, -0.2) is 24.0 Å². The Labute approximate surface area is 76.3 Å². The van der Waals surface area contributed by atoms with Gasteiger partial charge in [0.25, 0.3) is 0 Å². The van der Waals surface area contributed by atoms with Gasteiger partial charge < -0.3 is 5.32 Å². The van der Waals surface area contributed by atoms with Crippen LogP contribution in [0.25, 0.3) is 0 Å². The molecule has 0 bridgehead atoms. The number of nitrogens with one attached hydrogen (secondary N) is 1. The molecule has 0 fully saturated rings. The standard InChI is InChI=1S/C7H15NOS2/c1-3-5-8-7(9)6-11-10-4-2/h3-6H2,1-2H3,(H,8,9). The Hall–Kier alpha value is 0.170. The number of hydrogen-bond acceptors (Lipinski definition) is 3. The van der Waals surface area contributed by atoms with Gasteiger partial charge in [-0.15, -0.1) is 0 Å². The number of hydrogen-bond donors (Lipinski definition) is 1. The molecular weight excluding hydrogens is 178 g/mol. The van der Waals surface area contributed by atoms with Gasteiger partial charge in [-0.2, -0.15) is 0 Å². The van der Waals surface area contributed by atoms with Gasteiger partial charge in [0.05, 0.1) is 5.75 Å². The van der Waals surface area contributed by atoms with Gasteiger partial charge in [-0.1, -0.05) is 35.4 Å². The molecule has 1 N–H and O–H groups in total. The van der Waals surface area contributed by atoms with Crippen LogP contribution >= 0.6 is 21.6 Å². The van der Waals surface area contributed by atoms with Crippen LogP contribution in [0.4, 0.5) is 0 Å². The fourth-order valence-corrected chi connectivity index (χ4v) is 2.02. The minimum Gasteiger partial charge on any atom is -0.355 e. The largest absolute Gasteiger partial charge is 0.355 e. The molecule has 0 heterocycles. The molecule has 0 radical (unpaired) electrons. The van der Waals surface area contributed by atoms with Crippen LogP contribution in [0.3, 0.4) is 0 Å². The second-order valence-electron chi connectivity index (χ2n) is 2.02. The zero-order valence-electron chi connectivity index (χ0n) is 7.05. The summed E-state index contributed by atoms with van der Waals surface area (Å²) in [5.41, 5.74) is 0. The molecule has 0 aromatic carbocycles. The van der Waals surface area contributed by atoms with E-state index in [-0.39, 0.29) is 5.91 Å². The first-order valence-corrected chi connectivity index (χ1v) is 6.31. The van der Waals surface area contributed by atoms with E-state index < -0.39 is 0 Å². The van der Waals surface area contributed by atoms with Crippen molar-refractivity contribution in [3.63, 3.8) is 0 Å². The van der Waals surface area contributed by atoms with Crippen molar-refractivity contribution in [2.75, 3.05) is 18.1 Å². The lowest BCUT2D eigenvalue weighted by Crippen LogP contribution is -2.25. The SMILES string of the molecule is CCCNC(=O)CSSCC. The fourth-order valence-electron chi connectivity index (χ4n) is 0.494. The maximum absolute atomic E-state index is 10.9. The molecule has 0 aromatic heterocycles. The summed E-state index contributed by atoms with van der Waals surface area (Å²) in [4.78, 5) is 10.9. The average Bonchev–Trinajstić information content (AvgIpc) is 2.01. The molecule has 0 rings (SSSR count). The predicted octanol–water partition coefficient (Wildman–Crippen LogP) is 1.91. The Balaban J connectivity index is 3.09. The van der Waals surface area contributed by atoms with Crippen molar-refractivity contribution in [1.82, 2.24) is 5.32 Å². The molecule has 0 aliphatic carbocycles. The molecule has 0 aromatic rings. The van der Waals surface area contributed by atoms with Crippen molar-refractivity contribution in [1.29, 1.82) is 0 Å². The molecule has 11 heavy (non-hydrogen) atoms. The summed E-state index contributed by atoms with van der Waals surface area (Å²) in [6.45, 7) is 4.94. The molecule has 0 saturated carbocycles. The Morgan fingerprint density at radius 3 is 2.64 bits per heavy atom. The van der Waals surface area contributed by atoms with Crippen molar-refractivity contribution < 1.29 is 4.79 Å². The third-order valence-corrected chi connectivity index (χ3v) is 3.31. The van der Waals surface area contributed by atoms with Crippen molar-refractivity contribution in [3.05, 3.63) is 0 Å². The van der Waals surface area contributed by atoms with Crippen molar-refractivity contribution in [3.8, 4) is 0 Å². The number of carbonyl (C=O) groups is 1. The van der Waals surface area contributed by atoms with E-state index in [0.717, 1.165) is 18.7 Å². The molecule has 0 saturated heterocycles. The highest BCUT2D eigenvalue weighted by Gasteiger charge is 1.98. The quantitative estimate of drug-likeness (QED) is 0.516. The van der Waals surface area contributed by atoms with E-state index in [9.17, 15) is 4.79 Å². The van der Waals surface area contributed by atoms with E-state index in [1.807, 2.05) is 6.92 Å². The minimum atomic E-state index is 0.151. The first-order valence-electron chi connectivity index (χ1n) is 3.82. The third-order valence-electron chi connectivity index (χ3n) is 0.963. The van der Waals surface area contributed by atoms with E-state index >= 15 is 0 Å². The summed E-state index contributed by atoms with van der Waals surface area (Å²) in [7, 11) is 3.34. The van der Waals surface area contributed by atoms with Gasteiger partial charge in [-0.05, 0) is 6.42 Å². The molecule has 4 heteroatoms. The van der Waals surface area contributed by atoms with Crippen molar-refractivity contribution in [2.24, 2.45) is 0 Å². The summed E-state index contributed by atoms with van der Waals surface area (Å²) >= 11 is 0. The topological polar surface area (TPSA) is 29.1 Å². The van der Waals surface area contributed by atoms with E-state index in [1.54, 1.807) is 21.6 Å². The van der Waals surface area contributed by atoms with Crippen LogP contribution in [0.2, 0.25) is 0 Å². The van der Waals surface area contributed by atoms with Gasteiger partial charge in [0.1, 0.15) is 0 Å². The van der Waals surface area contributed by atoms with Gasteiger partial charge in [-0.3, -0.25) is 4.79 Å². The zero-order valence-corrected chi connectivity index (χ0v) is 8.69. The third kappa shape index (κ3) is 8.07. The highest BCUT2D eigenvalue weighted by atomic mass is 33.1. The lowest BCUT2D eigenvalue weighted by atomic mass is 10.5. The van der Waals surface area contributed by atoms with Crippen LogP contribution in [-0.2, 0) is 4.79 Å². The van der Waals surface area contributed by atoms with Gasteiger partial charge in [0, 0.05) is 12.3 Å². The zero-order chi connectivity index (χ0) is 8.53. The molecule has 1 amide bonds. The average molecular weight is 193 g/mol. The lowest BCUT2D eigenvalue weighted by Gasteiger charge is -2.00. The first kappa shape index (κ1) is 11.2. The highest BCUT2D eigenvalue weighted by molar-refractivity contribution is 8.76. The summed E-state index contributed by atoms with van der Waals surface area (Å²) in [6, 6.07) is 0. The second-order valence-corrected chi connectivity index (χ2v) is 4.77. The number of amides is 1. The Morgan fingerprint density at radius 1 is 1.36 bits per heavy atom. The molecular formula is C7H15NOS2. The van der Waals surface area contributed by atoms with Crippen LogP contribution in [0.15, 0.2) is 0 Å². The monoisotopic (exact) mass is 193 g/mol. The van der Waals surface area contributed by atoms with Gasteiger partial charge in [0.2, 0.25) is 5.91 Å². The smallest absolute Gasteiger partial charge is 0.230 e. The van der Waals surface area contributed by atoms with Crippen molar-refractivity contribution in [2.45, 2.75) is 20.3 Å². The van der Waals surface area contributed by atoms with Gasteiger partial charge in [-0.25, -0.2) is 0 Å². The molecule has 0 aliphatic heterocycles. The summed E-state index contributed by atoms with van der Waals surface area (Å²) in [6.07, 6.45) is 1.01. The first-order chi connectivity index (χ1) is 5.31. The van der Waals surface area contributed by atoms with E-state index in [2.05, 4.69) is 12.2 Å². The number of carbonyl (C=O) groups excluding carboxylic acids is 1. The predicted molar refractivity (Wildman–Crippen MR) is 53.9 cm³/mol. The Kier molecular flexibility index (Phi) is 8.40. The maximum atomic E-state index is 10.9. The van der Waals surface area contributed by atoms with E-state index in [1.165, 1.54) is 0 Å². The molecule has 66 valence electrons. The molecule has 0 aliphatic rings. The minimum absolute atomic E-state index is 0.151. The van der Waals surface area contributed by atoms with E-state index in [0.29, 0.717) is 5.75 Å². The van der Waals surface area contributed by atoms with Crippen LogP contribution < -0.4 is 5.32 Å². The maximum Gasteiger partial charge on any atom is 0.230 e. The lowest BCUT2D eigenvalue weighted by molar-refractivity contribution is -0.118. The summed E-state index contributed by atoms with van der Waals surface area (Å²) < 4.78 is 0. The second kappa shape index (κ2) is 8.27. The molecule has 0 atom stereocenters.